The molecule has 0 saturated carbocycles. The Morgan fingerprint density at radius 2 is 1.55 bits per heavy atom. The van der Waals surface area contributed by atoms with Gasteiger partial charge in [-0.05, 0) is 35.6 Å². The number of rotatable bonds is 5. The van der Waals surface area contributed by atoms with Crippen LogP contribution in [0.1, 0.15) is 50.7 Å². The molecule has 0 aliphatic rings. The molecule has 0 amide bonds. The van der Waals surface area contributed by atoms with Crippen molar-refractivity contribution in [3.8, 4) is 5.75 Å². The van der Waals surface area contributed by atoms with Crippen LogP contribution in [-0.4, -0.2) is 4.89 Å². The SMILES string of the molecule is CC(C)c1cccc(OP(=O)(O)c2ccccc2)c1C(C)C. The van der Waals surface area contributed by atoms with Crippen LogP contribution >= 0.6 is 7.60 Å². The number of hydrogen-bond donors (Lipinski definition) is 1. The summed E-state index contributed by atoms with van der Waals surface area (Å²) in [4.78, 5) is 10.3. The third-order valence-electron chi connectivity index (χ3n) is 3.60. The molecule has 1 atom stereocenters. The van der Waals surface area contributed by atoms with E-state index in [0.29, 0.717) is 17.0 Å². The van der Waals surface area contributed by atoms with Crippen molar-refractivity contribution in [2.75, 3.05) is 0 Å². The molecule has 3 nitrogen and oxygen atoms in total. The van der Waals surface area contributed by atoms with Crippen molar-refractivity contribution in [1.82, 2.24) is 0 Å². The first kappa shape index (κ1) is 16.8. The first-order valence-electron chi connectivity index (χ1n) is 7.53. The van der Waals surface area contributed by atoms with E-state index in [4.69, 9.17) is 4.52 Å². The van der Waals surface area contributed by atoms with Crippen LogP contribution in [0.3, 0.4) is 0 Å². The van der Waals surface area contributed by atoms with E-state index in [2.05, 4.69) is 33.8 Å². The van der Waals surface area contributed by atoms with E-state index in [1.807, 2.05) is 12.1 Å². The fourth-order valence-corrected chi connectivity index (χ4v) is 3.64. The van der Waals surface area contributed by atoms with Gasteiger partial charge in [0.1, 0.15) is 5.75 Å². The molecule has 4 heteroatoms. The summed E-state index contributed by atoms with van der Waals surface area (Å²) in [5.74, 6) is 1.04. The number of benzene rings is 2. The molecule has 0 aliphatic heterocycles. The van der Waals surface area contributed by atoms with Crippen LogP contribution < -0.4 is 9.83 Å². The van der Waals surface area contributed by atoms with Gasteiger partial charge in [0.2, 0.25) is 0 Å². The monoisotopic (exact) mass is 318 g/mol. The summed E-state index contributed by atoms with van der Waals surface area (Å²) in [5, 5.41) is 0.305. The number of hydrogen-bond acceptors (Lipinski definition) is 2. The molecule has 0 aliphatic carbocycles. The van der Waals surface area contributed by atoms with Gasteiger partial charge in [0.15, 0.2) is 0 Å². The largest absolute Gasteiger partial charge is 0.421 e. The first-order valence-corrected chi connectivity index (χ1v) is 9.11. The van der Waals surface area contributed by atoms with Gasteiger partial charge in [-0.3, -0.25) is 0 Å². The lowest BCUT2D eigenvalue weighted by atomic mass is 9.90. The van der Waals surface area contributed by atoms with Gasteiger partial charge in [-0.25, -0.2) is 4.57 Å². The minimum Gasteiger partial charge on any atom is -0.421 e. The molecule has 0 aromatic heterocycles. The summed E-state index contributed by atoms with van der Waals surface area (Å²) in [6.45, 7) is 8.36. The van der Waals surface area contributed by atoms with E-state index in [9.17, 15) is 9.46 Å². The molecule has 2 rings (SSSR count). The smallest absolute Gasteiger partial charge is 0.408 e. The Labute approximate surface area is 132 Å². The highest BCUT2D eigenvalue weighted by Crippen LogP contribution is 2.45. The summed E-state index contributed by atoms with van der Waals surface area (Å²) >= 11 is 0. The van der Waals surface area contributed by atoms with Gasteiger partial charge < -0.3 is 9.42 Å². The second-order valence-corrected chi connectivity index (χ2v) is 7.76. The maximum Gasteiger partial charge on any atom is 0.408 e. The van der Waals surface area contributed by atoms with Crippen molar-refractivity contribution in [1.29, 1.82) is 0 Å². The molecular formula is C18H23O3P. The van der Waals surface area contributed by atoms with Gasteiger partial charge in [-0.2, -0.15) is 0 Å². The van der Waals surface area contributed by atoms with Gasteiger partial charge in [-0.15, -0.1) is 0 Å². The molecule has 1 unspecified atom stereocenters. The van der Waals surface area contributed by atoms with E-state index in [1.165, 1.54) is 0 Å². The maximum atomic E-state index is 12.6. The van der Waals surface area contributed by atoms with E-state index in [-0.39, 0.29) is 5.92 Å². The van der Waals surface area contributed by atoms with Crippen LogP contribution in [0.5, 0.6) is 5.75 Å². The highest BCUT2D eigenvalue weighted by Gasteiger charge is 2.26. The zero-order chi connectivity index (χ0) is 16.3. The van der Waals surface area contributed by atoms with Gasteiger partial charge in [0.25, 0.3) is 0 Å². The van der Waals surface area contributed by atoms with E-state index < -0.39 is 7.60 Å². The van der Waals surface area contributed by atoms with Gasteiger partial charge in [0.05, 0.1) is 5.30 Å². The molecule has 1 N–H and O–H groups in total. The zero-order valence-corrected chi connectivity index (χ0v) is 14.4. The Morgan fingerprint density at radius 1 is 0.909 bits per heavy atom. The second kappa shape index (κ2) is 6.68. The van der Waals surface area contributed by atoms with Crippen LogP contribution in [0.25, 0.3) is 0 Å². The van der Waals surface area contributed by atoms with Crippen LogP contribution in [-0.2, 0) is 4.57 Å². The summed E-state index contributed by atoms with van der Waals surface area (Å²) in [5.41, 5.74) is 2.16. The average molecular weight is 318 g/mol. The molecule has 2 aromatic carbocycles. The lowest BCUT2D eigenvalue weighted by Gasteiger charge is -2.22. The average Bonchev–Trinajstić information content (AvgIpc) is 2.47. The van der Waals surface area contributed by atoms with Crippen LogP contribution in [0.15, 0.2) is 48.5 Å². The minimum atomic E-state index is -3.88. The normalized spacial score (nSPS) is 14.1. The van der Waals surface area contributed by atoms with E-state index >= 15 is 0 Å². The molecule has 22 heavy (non-hydrogen) atoms. The standard InChI is InChI=1S/C18H23O3P/c1-13(2)16-11-8-12-17(18(16)14(3)4)21-22(19,20)15-9-6-5-7-10-15/h5-14H,1-4H3,(H,19,20). The lowest BCUT2D eigenvalue weighted by molar-refractivity contribution is 0.390. The Bertz CT molecular complexity index is 678. The highest BCUT2D eigenvalue weighted by atomic mass is 31.2. The first-order chi connectivity index (χ1) is 10.3. The van der Waals surface area contributed by atoms with Crippen LogP contribution in [0, 0.1) is 0 Å². The van der Waals surface area contributed by atoms with Crippen molar-refractivity contribution < 1.29 is 14.0 Å². The molecule has 2 aromatic rings. The highest BCUT2D eigenvalue weighted by molar-refractivity contribution is 7.61. The minimum absolute atomic E-state index is 0.212. The summed E-state index contributed by atoms with van der Waals surface area (Å²) in [6.07, 6.45) is 0. The van der Waals surface area contributed by atoms with E-state index in [0.717, 1.165) is 11.1 Å². The molecule has 0 spiro atoms. The molecule has 0 fully saturated rings. The summed E-state index contributed by atoms with van der Waals surface area (Å²) in [7, 11) is -3.88. The van der Waals surface area contributed by atoms with Crippen LogP contribution in [0.2, 0.25) is 0 Å². The topological polar surface area (TPSA) is 46.5 Å². The molecule has 0 radical (unpaired) electrons. The molecule has 118 valence electrons. The van der Waals surface area contributed by atoms with Gasteiger partial charge >= 0.3 is 7.60 Å². The fraction of sp³-hybridized carbons (Fsp3) is 0.333. The summed E-state index contributed by atoms with van der Waals surface area (Å²) in [6, 6.07) is 14.2. The third-order valence-corrected chi connectivity index (χ3v) is 5.00. The zero-order valence-electron chi connectivity index (χ0n) is 13.5. The van der Waals surface area contributed by atoms with Gasteiger partial charge in [-0.1, -0.05) is 58.0 Å². The predicted molar refractivity (Wildman–Crippen MR) is 91.1 cm³/mol. The molecular weight excluding hydrogens is 295 g/mol. The molecule has 0 heterocycles. The van der Waals surface area contributed by atoms with E-state index in [1.54, 1.807) is 30.3 Å². The lowest BCUT2D eigenvalue weighted by Crippen LogP contribution is -2.10. The third kappa shape index (κ3) is 3.60. The second-order valence-electron chi connectivity index (χ2n) is 6.02. The quantitative estimate of drug-likeness (QED) is 0.804. The van der Waals surface area contributed by atoms with Gasteiger partial charge in [0, 0.05) is 5.56 Å². The Balaban J connectivity index is 2.46. The van der Waals surface area contributed by atoms with Crippen molar-refractivity contribution in [2.45, 2.75) is 39.5 Å². The van der Waals surface area contributed by atoms with Crippen LogP contribution in [0.4, 0.5) is 0 Å². The summed E-state index contributed by atoms with van der Waals surface area (Å²) < 4.78 is 18.2. The maximum absolute atomic E-state index is 12.6. The molecule has 0 bridgehead atoms. The Kier molecular flexibility index (Phi) is 5.10. The Morgan fingerprint density at radius 3 is 2.09 bits per heavy atom. The van der Waals surface area contributed by atoms with Crippen molar-refractivity contribution >= 4 is 12.9 Å². The van der Waals surface area contributed by atoms with Crippen molar-refractivity contribution in [3.63, 3.8) is 0 Å². The predicted octanol–water partition coefficient (Wildman–Crippen LogP) is 4.82. The molecule has 0 saturated heterocycles. The van der Waals surface area contributed by atoms with Crippen molar-refractivity contribution in [3.05, 3.63) is 59.7 Å². The Hall–Kier alpha value is -1.57. The fourth-order valence-electron chi connectivity index (χ4n) is 2.56. The van der Waals surface area contributed by atoms with Crippen molar-refractivity contribution in [2.24, 2.45) is 0 Å².